The molecule has 0 radical (unpaired) electrons. The fourth-order valence-electron chi connectivity index (χ4n) is 4.33. The molecule has 0 spiro atoms. The van der Waals surface area contributed by atoms with E-state index in [1.165, 1.54) is 10.9 Å². The number of pyridine rings is 2. The van der Waals surface area contributed by atoms with Gasteiger partial charge < -0.3 is 30.5 Å². The third kappa shape index (κ3) is 9.10. The van der Waals surface area contributed by atoms with Crippen LogP contribution in [0.2, 0.25) is 0 Å². The minimum atomic E-state index is -1.10. The number of carbonyl (C=O) groups excluding carboxylic acids is 1. The maximum atomic E-state index is 11.3. The first kappa shape index (κ1) is 36.6. The highest BCUT2D eigenvalue weighted by Crippen LogP contribution is 2.35. The Morgan fingerprint density at radius 2 is 1.81 bits per heavy atom. The molecule has 3 atom stereocenters. The van der Waals surface area contributed by atoms with E-state index in [0.29, 0.717) is 23.6 Å². The number of nitrogens with zero attached hydrogens (tertiary/aromatic N) is 9. The van der Waals surface area contributed by atoms with Crippen molar-refractivity contribution in [2.45, 2.75) is 59.2 Å². The summed E-state index contributed by atoms with van der Waals surface area (Å²) in [7, 11) is 1.55. The van der Waals surface area contributed by atoms with Crippen LogP contribution in [0.1, 0.15) is 55.0 Å². The van der Waals surface area contributed by atoms with Crippen LogP contribution in [-0.2, 0) is 14.3 Å². The summed E-state index contributed by atoms with van der Waals surface area (Å²) in [6.45, 7) is 12.6. The number of rotatable bonds is 16. The fourth-order valence-corrected chi connectivity index (χ4v) is 4.33. The molecule has 48 heavy (non-hydrogen) atoms. The van der Waals surface area contributed by atoms with Gasteiger partial charge in [-0.15, -0.1) is 15.3 Å². The number of aliphatic hydroxyl groups is 1. The molecule has 0 aliphatic heterocycles. The number of azo groups is 1. The molecule has 250 valence electrons. The second kappa shape index (κ2) is 17.1. The summed E-state index contributed by atoms with van der Waals surface area (Å²) >= 11 is 0. The molecular weight excluding hydrogens is 616 g/mol. The van der Waals surface area contributed by atoms with Gasteiger partial charge in [0.2, 0.25) is 5.82 Å². The Hall–Kier alpha value is -5.89. The Kier molecular flexibility index (Phi) is 13.1. The molecule has 16 nitrogen and oxygen atoms in total. The molecule has 0 aliphatic carbocycles. The Morgan fingerprint density at radius 3 is 2.44 bits per heavy atom. The molecule has 0 aliphatic rings. The normalized spacial score (nSPS) is 12.7. The number of anilines is 3. The topological polar surface area (TPSA) is 232 Å². The predicted molar refractivity (Wildman–Crippen MR) is 177 cm³/mol. The SMILES string of the molecule is C=CC(=O)OCC(O)CNc1nc(NC(C)COC)c(N=Nc2nn(-c3nc(NC(C)CC)cc(C)c3C#N)cc2C#N)c(C)c1C#N. The number of hydrogen-bond donors (Lipinski definition) is 4. The summed E-state index contributed by atoms with van der Waals surface area (Å²) in [6.07, 6.45) is 2.16. The first-order valence-corrected chi connectivity index (χ1v) is 15.0. The van der Waals surface area contributed by atoms with Crippen molar-refractivity contribution in [1.29, 1.82) is 15.8 Å². The highest BCUT2D eigenvalue weighted by molar-refractivity contribution is 5.81. The molecule has 0 fully saturated rings. The van der Waals surface area contributed by atoms with Gasteiger partial charge in [0.25, 0.3) is 0 Å². The van der Waals surface area contributed by atoms with Crippen LogP contribution in [0.25, 0.3) is 5.82 Å². The molecule has 3 aromatic heterocycles. The largest absolute Gasteiger partial charge is 0.460 e. The van der Waals surface area contributed by atoms with Crippen molar-refractivity contribution in [1.82, 2.24) is 19.7 Å². The van der Waals surface area contributed by atoms with Gasteiger partial charge in [0.1, 0.15) is 53.8 Å². The van der Waals surface area contributed by atoms with Crippen LogP contribution in [0.3, 0.4) is 0 Å². The molecule has 4 N–H and O–H groups in total. The van der Waals surface area contributed by atoms with Crippen LogP contribution in [0.4, 0.5) is 29.0 Å². The summed E-state index contributed by atoms with van der Waals surface area (Å²) in [5, 5.41) is 62.6. The van der Waals surface area contributed by atoms with Gasteiger partial charge in [-0.3, -0.25) is 0 Å². The van der Waals surface area contributed by atoms with Gasteiger partial charge >= 0.3 is 5.97 Å². The van der Waals surface area contributed by atoms with Crippen molar-refractivity contribution in [2.75, 3.05) is 42.8 Å². The first-order valence-electron chi connectivity index (χ1n) is 15.0. The Balaban J connectivity index is 2.06. The summed E-state index contributed by atoms with van der Waals surface area (Å²) < 4.78 is 11.4. The summed E-state index contributed by atoms with van der Waals surface area (Å²) in [5.41, 5.74) is 1.75. The Morgan fingerprint density at radius 1 is 1.08 bits per heavy atom. The van der Waals surface area contributed by atoms with E-state index >= 15 is 0 Å². The number of nitriles is 3. The number of hydrogen-bond acceptors (Lipinski definition) is 15. The number of aliphatic hydroxyl groups excluding tert-OH is 1. The number of aryl methyl sites for hydroxylation is 1. The summed E-state index contributed by atoms with van der Waals surface area (Å²) in [4.78, 5) is 20.5. The summed E-state index contributed by atoms with van der Waals surface area (Å²) in [6, 6.07) is 7.99. The molecule has 0 bridgehead atoms. The van der Waals surface area contributed by atoms with Crippen molar-refractivity contribution in [2.24, 2.45) is 10.2 Å². The van der Waals surface area contributed by atoms with E-state index < -0.39 is 12.1 Å². The smallest absolute Gasteiger partial charge is 0.330 e. The molecule has 3 unspecified atom stereocenters. The third-order valence-corrected chi connectivity index (χ3v) is 7.01. The lowest BCUT2D eigenvalue weighted by Crippen LogP contribution is -2.27. The monoisotopic (exact) mass is 654 g/mol. The van der Waals surface area contributed by atoms with Gasteiger partial charge in [-0.2, -0.15) is 15.8 Å². The quantitative estimate of drug-likeness (QED) is 0.0950. The van der Waals surface area contributed by atoms with Gasteiger partial charge in [0, 0.05) is 37.4 Å². The zero-order valence-electron chi connectivity index (χ0n) is 27.7. The van der Waals surface area contributed by atoms with Crippen molar-refractivity contribution in [3.05, 3.63) is 52.7 Å². The highest BCUT2D eigenvalue weighted by Gasteiger charge is 2.21. The van der Waals surface area contributed by atoms with Gasteiger partial charge in [0.05, 0.1) is 23.9 Å². The van der Waals surface area contributed by atoms with E-state index in [0.717, 1.165) is 12.5 Å². The maximum Gasteiger partial charge on any atom is 0.330 e. The number of nitrogens with one attached hydrogen (secondary N) is 3. The van der Waals surface area contributed by atoms with Crippen LogP contribution in [0.5, 0.6) is 0 Å². The van der Waals surface area contributed by atoms with E-state index in [2.05, 4.69) is 66.0 Å². The average Bonchev–Trinajstić information content (AvgIpc) is 3.48. The van der Waals surface area contributed by atoms with Crippen LogP contribution < -0.4 is 16.0 Å². The van der Waals surface area contributed by atoms with Gasteiger partial charge in [0.15, 0.2) is 11.6 Å². The van der Waals surface area contributed by atoms with Crippen LogP contribution >= 0.6 is 0 Å². The van der Waals surface area contributed by atoms with Crippen LogP contribution in [0.15, 0.2) is 35.1 Å². The minimum Gasteiger partial charge on any atom is -0.460 e. The number of carbonyl (C=O) groups is 1. The van der Waals surface area contributed by atoms with Crippen LogP contribution in [-0.4, -0.2) is 75.9 Å². The third-order valence-electron chi connectivity index (χ3n) is 7.01. The molecule has 0 amide bonds. The molecule has 0 aromatic carbocycles. The van der Waals surface area contributed by atoms with Crippen LogP contribution in [0, 0.1) is 47.8 Å². The van der Waals surface area contributed by atoms with Gasteiger partial charge in [-0.1, -0.05) is 13.5 Å². The summed E-state index contributed by atoms with van der Waals surface area (Å²) in [5.74, 6) is 0.433. The van der Waals surface area contributed by atoms with Crippen molar-refractivity contribution in [3.8, 4) is 24.0 Å². The van der Waals surface area contributed by atoms with Crippen molar-refractivity contribution in [3.63, 3.8) is 0 Å². The number of ether oxygens (including phenoxy) is 2. The van der Waals surface area contributed by atoms with Gasteiger partial charge in [-0.25, -0.2) is 19.4 Å². The molecule has 0 saturated carbocycles. The van der Waals surface area contributed by atoms with E-state index in [4.69, 9.17) is 9.47 Å². The molecule has 0 saturated heterocycles. The maximum absolute atomic E-state index is 11.3. The molecule has 3 aromatic rings. The number of methoxy groups -OCH3 is 1. The van der Waals surface area contributed by atoms with E-state index in [-0.39, 0.29) is 70.9 Å². The number of aromatic nitrogens is 4. The Labute approximate surface area is 278 Å². The van der Waals surface area contributed by atoms with E-state index in [1.54, 1.807) is 27.0 Å². The second-order valence-corrected chi connectivity index (χ2v) is 10.9. The van der Waals surface area contributed by atoms with Crippen molar-refractivity contribution >= 4 is 34.9 Å². The van der Waals surface area contributed by atoms with E-state index in [1.807, 2.05) is 20.8 Å². The molecular formula is C32H38N12O4. The molecule has 3 rings (SSSR count). The number of esters is 1. The highest BCUT2D eigenvalue weighted by atomic mass is 16.5. The second-order valence-electron chi connectivity index (χ2n) is 10.9. The predicted octanol–water partition coefficient (Wildman–Crippen LogP) is 4.47. The Bertz CT molecular complexity index is 1800. The zero-order valence-corrected chi connectivity index (χ0v) is 27.7. The first-order chi connectivity index (χ1) is 23.0. The lowest BCUT2D eigenvalue weighted by Gasteiger charge is -2.19. The van der Waals surface area contributed by atoms with Gasteiger partial charge in [-0.05, 0) is 45.7 Å². The fraction of sp³-hybridized carbons (Fsp3) is 0.406. The molecule has 16 heteroatoms. The minimum absolute atomic E-state index is 0.0469. The standard InChI is InChI=1S/C32H38N12O4/c1-8-19(4)37-26-10-18(3)24(12-34)32(39-26)44-15-22(11-33)29(43-44)42-41-28-21(6)25(13-35)30(40-31(28)38-20(5)16-47-7)36-14-23(45)17-48-27(46)9-2/h9-10,15,19-20,23,45H,2,8,14,16-17H2,1,3-7H3,(H,37,39)(H2,36,38,40). The lowest BCUT2D eigenvalue weighted by molar-refractivity contribution is -0.140. The average molecular weight is 655 g/mol. The van der Waals surface area contributed by atoms with E-state index in [9.17, 15) is 25.7 Å². The lowest BCUT2D eigenvalue weighted by atomic mass is 10.1. The van der Waals surface area contributed by atoms with Crippen molar-refractivity contribution < 1.29 is 19.4 Å². The molecule has 3 heterocycles. The zero-order chi connectivity index (χ0) is 35.4.